The van der Waals surface area contributed by atoms with Gasteiger partial charge < -0.3 is 4.90 Å². The van der Waals surface area contributed by atoms with Gasteiger partial charge in [-0.3, -0.25) is 9.52 Å². The van der Waals surface area contributed by atoms with Crippen molar-refractivity contribution in [1.82, 2.24) is 0 Å². The number of anilines is 2. The van der Waals surface area contributed by atoms with Gasteiger partial charge in [-0.15, -0.1) is 22.9 Å². The molecule has 1 aromatic heterocycles. The number of carbonyl (C=O) groups is 1. The van der Waals surface area contributed by atoms with E-state index in [0.29, 0.717) is 17.1 Å². The van der Waals surface area contributed by atoms with Crippen molar-refractivity contribution in [2.45, 2.75) is 12.8 Å². The van der Waals surface area contributed by atoms with E-state index in [0.717, 1.165) is 24.1 Å². The van der Waals surface area contributed by atoms with Gasteiger partial charge in [0.1, 0.15) is 5.21 Å². The predicted molar refractivity (Wildman–Crippen MR) is 94.0 cm³/mol. The lowest BCUT2D eigenvalue weighted by molar-refractivity contribution is 0.0989. The van der Waals surface area contributed by atoms with Crippen molar-refractivity contribution in [3.8, 4) is 0 Å². The minimum atomic E-state index is -3.57. The van der Waals surface area contributed by atoms with Gasteiger partial charge >= 0.3 is 0 Å². The summed E-state index contributed by atoms with van der Waals surface area (Å²) >= 11 is 6.82. The van der Waals surface area contributed by atoms with E-state index in [1.54, 1.807) is 23.1 Å². The summed E-state index contributed by atoms with van der Waals surface area (Å²) < 4.78 is 25.7. The van der Waals surface area contributed by atoms with Crippen molar-refractivity contribution >= 4 is 50.2 Å². The first-order chi connectivity index (χ1) is 11.0. The van der Waals surface area contributed by atoms with Crippen LogP contribution in [0, 0.1) is 0 Å². The maximum absolute atomic E-state index is 12.7. The molecule has 0 bridgehead atoms. The smallest absolute Gasteiger partial charge is 0.268 e. The van der Waals surface area contributed by atoms with Gasteiger partial charge in [-0.1, -0.05) is 12.1 Å². The highest BCUT2D eigenvalue weighted by Gasteiger charge is 2.25. The SMILES string of the molecule is O=C(c1cccs1)N1CCCc2ccc(NS(=O)(=O)CCl)cc21. The van der Waals surface area contributed by atoms with Gasteiger partial charge in [-0.2, -0.15) is 0 Å². The molecule has 1 amide bonds. The Morgan fingerprint density at radius 2 is 2.17 bits per heavy atom. The van der Waals surface area contributed by atoms with E-state index in [9.17, 15) is 13.2 Å². The first-order valence-electron chi connectivity index (χ1n) is 7.05. The number of aryl methyl sites for hydroxylation is 1. The van der Waals surface area contributed by atoms with Gasteiger partial charge in [-0.05, 0) is 42.0 Å². The summed E-state index contributed by atoms with van der Waals surface area (Å²) in [6.45, 7) is 0.620. The monoisotopic (exact) mass is 370 g/mol. The van der Waals surface area contributed by atoms with E-state index in [-0.39, 0.29) is 5.91 Å². The number of amides is 1. The molecule has 0 radical (unpaired) electrons. The summed E-state index contributed by atoms with van der Waals surface area (Å²) in [4.78, 5) is 15.0. The molecule has 0 fully saturated rings. The van der Waals surface area contributed by atoms with Crippen molar-refractivity contribution in [2.24, 2.45) is 0 Å². The van der Waals surface area contributed by atoms with Crippen LogP contribution < -0.4 is 9.62 Å². The summed E-state index contributed by atoms with van der Waals surface area (Å²) in [6, 6.07) is 8.89. The number of alkyl halides is 1. The van der Waals surface area contributed by atoms with Crippen LogP contribution in [0.2, 0.25) is 0 Å². The molecule has 0 aliphatic carbocycles. The summed E-state index contributed by atoms with van der Waals surface area (Å²) in [6.07, 6.45) is 1.75. The third-order valence-electron chi connectivity index (χ3n) is 3.60. The van der Waals surface area contributed by atoms with E-state index in [2.05, 4.69) is 4.72 Å². The van der Waals surface area contributed by atoms with E-state index in [1.807, 2.05) is 17.5 Å². The second kappa shape index (κ2) is 6.51. The number of nitrogens with one attached hydrogen (secondary N) is 1. The number of rotatable bonds is 4. The normalized spacial score (nSPS) is 14.4. The number of fused-ring (bicyclic) bond motifs is 1. The molecule has 0 atom stereocenters. The Labute approximate surface area is 143 Å². The zero-order chi connectivity index (χ0) is 16.4. The van der Waals surface area contributed by atoms with Crippen LogP contribution in [-0.2, 0) is 16.4 Å². The highest BCUT2D eigenvalue weighted by molar-refractivity contribution is 7.93. The summed E-state index contributed by atoms with van der Waals surface area (Å²) in [5.41, 5.74) is 2.20. The first kappa shape index (κ1) is 16.3. The molecule has 3 rings (SSSR count). The molecule has 122 valence electrons. The fourth-order valence-electron chi connectivity index (χ4n) is 2.59. The fraction of sp³-hybridized carbons (Fsp3) is 0.267. The van der Waals surface area contributed by atoms with Gasteiger partial charge in [0.25, 0.3) is 5.91 Å². The number of hydrogen-bond donors (Lipinski definition) is 1. The van der Waals surface area contributed by atoms with E-state index in [4.69, 9.17) is 11.6 Å². The Balaban J connectivity index is 1.95. The fourth-order valence-corrected chi connectivity index (χ4v) is 3.97. The lowest BCUT2D eigenvalue weighted by atomic mass is 10.0. The molecule has 5 nitrogen and oxygen atoms in total. The lowest BCUT2D eigenvalue weighted by Crippen LogP contribution is -2.35. The van der Waals surface area contributed by atoms with Crippen molar-refractivity contribution < 1.29 is 13.2 Å². The van der Waals surface area contributed by atoms with Crippen LogP contribution in [0.4, 0.5) is 11.4 Å². The number of nitrogens with zero attached hydrogens (tertiary/aromatic N) is 1. The zero-order valence-electron chi connectivity index (χ0n) is 12.2. The number of benzene rings is 1. The molecular formula is C15H15ClN2O3S2. The quantitative estimate of drug-likeness (QED) is 0.840. The third-order valence-corrected chi connectivity index (χ3v) is 6.15. The molecule has 0 unspecified atom stereocenters. The number of carbonyl (C=O) groups excluding carboxylic acids is 1. The average Bonchev–Trinajstić information content (AvgIpc) is 3.08. The second-order valence-electron chi connectivity index (χ2n) is 5.21. The first-order valence-corrected chi connectivity index (χ1v) is 10.1. The number of halogens is 1. The molecule has 1 aliphatic heterocycles. The van der Waals surface area contributed by atoms with E-state index >= 15 is 0 Å². The highest BCUT2D eigenvalue weighted by atomic mass is 35.5. The van der Waals surface area contributed by atoms with Gasteiger partial charge in [0.2, 0.25) is 10.0 Å². The lowest BCUT2D eigenvalue weighted by Gasteiger charge is -2.29. The molecule has 23 heavy (non-hydrogen) atoms. The number of hydrogen-bond acceptors (Lipinski definition) is 4. The second-order valence-corrected chi connectivity index (χ2v) is 8.46. The summed E-state index contributed by atoms with van der Waals surface area (Å²) in [5.74, 6) is -0.0571. The van der Waals surface area contributed by atoms with Crippen LogP contribution in [0.15, 0.2) is 35.7 Å². The molecule has 1 aliphatic rings. The molecular weight excluding hydrogens is 356 g/mol. The molecule has 2 aromatic rings. The van der Waals surface area contributed by atoms with Crippen molar-refractivity contribution in [3.05, 3.63) is 46.2 Å². The number of thiophene rings is 1. The van der Waals surface area contributed by atoms with Gasteiger partial charge in [0.05, 0.1) is 10.6 Å². The Morgan fingerprint density at radius 3 is 2.87 bits per heavy atom. The molecule has 1 N–H and O–H groups in total. The standard InChI is InChI=1S/C15H15ClN2O3S2/c16-10-23(20,21)17-12-6-5-11-3-1-7-18(13(11)9-12)15(19)14-4-2-8-22-14/h2,4-6,8-9,17H,1,3,7,10H2. The summed E-state index contributed by atoms with van der Waals surface area (Å²) in [5, 5.41) is 1.35. The minimum absolute atomic E-state index is 0.0571. The summed E-state index contributed by atoms with van der Waals surface area (Å²) in [7, 11) is -3.57. The van der Waals surface area contributed by atoms with Crippen LogP contribution in [0.5, 0.6) is 0 Å². The van der Waals surface area contributed by atoms with Crippen LogP contribution in [0.25, 0.3) is 0 Å². The number of sulfonamides is 1. The third kappa shape index (κ3) is 3.52. The van der Waals surface area contributed by atoms with Crippen LogP contribution in [-0.4, -0.2) is 26.1 Å². The Hall–Kier alpha value is -1.57. The van der Waals surface area contributed by atoms with E-state index in [1.165, 1.54) is 11.3 Å². The van der Waals surface area contributed by atoms with Gasteiger partial charge in [0.15, 0.2) is 0 Å². The molecule has 1 aromatic carbocycles. The Kier molecular flexibility index (Phi) is 4.61. The van der Waals surface area contributed by atoms with Crippen molar-refractivity contribution in [1.29, 1.82) is 0 Å². The topological polar surface area (TPSA) is 66.5 Å². The molecule has 2 heterocycles. The molecule has 0 saturated heterocycles. The van der Waals surface area contributed by atoms with E-state index < -0.39 is 15.2 Å². The Bertz CT molecular complexity index is 819. The minimum Gasteiger partial charge on any atom is -0.307 e. The molecule has 0 saturated carbocycles. The maximum atomic E-state index is 12.7. The predicted octanol–water partition coefficient (Wildman–Crippen LogP) is 3.28. The van der Waals surface area contributed by atoms with Gasteiger partial charge in [-0.25, -0.2) is 8.42 Å². The van der Waals surface area contributed by atoms with Crippen LogP contribution >= 0.6 is 22.9 Å². The average molecular weight is 371 g/mol. The molecule has 8 heteroatoms. The van der Waals surface area contributed by atoms with Crippen molar-refractivity contribution in [2.75, 3.05) is 21.4 Å². The molecule has 0 spiro atoms. The van der Waals surface area contributed by atoms with Crippen LogP contribution in [0.3, 0.4) is 0 Å². The largest absolute Gasteiger partial charge is 0.307 e. The Morgan fingerprint density at radius 1 is 1.35 bits per heavy atom. The zero-order valence-corrected chi connectivity index (χ0v) is 14.5. The van der Waals surface area contributed by atoms with Gasteiger partial charge in [0, 0.05) is 12.2 Å². The highest BCUT2D eigenvalue weighted by Crippen LogP contribution is 2.32. The van der Waals surface area contributed by atoms with Crippen molar-refractivity contribution in [3.63, 3.8) is 0 Å². The van der Waals surface area contributed by atoms with Crippen LogP contribution in [0.1, 0.15) is 21.7 Å². The maximum Gasteiger partial charge on any atom is 0.268 e.